The Morgan fingerprint density at radius 2 is 1.92 bits per heavy atom. The first kappa shape index (κ1) is 16.8. The summed E-state index contributed by atoms with van der Waals surface area (Å²) >= 11 is 0. The van der Waals surface area contributed by atoms with Gasteiger partial charge in [-0.05, 0) is 36.4 Å². The van der Waals surface area contributed by atoms with E-state index in [9.17, 15) is 4.79 Å². The Balaban J connectivity index is 1.34. The largest absolute Gasteiger partial charge is 0.351 e. The van der Waals surface area contributed by atoms with Crippen LogP contribution in [-0.4, -0.2) is 58.0 Å². The summed E-state index contributed by atoms with van der Waals surface area (Å²) in [6.45, 7) is 4.41. The average molecular weight is 348 g/mol. The van der Waals surface area contributed by atoms with Crippen LogP contribution in [-0.2, 0) is 13.5 Å². The number of carbonyl (C=O) groups is 1. The van der Waals surface area contributed by atoms with Crippen LogP contribution in [0.5, 0.6) is 0 Å². The van der Waals surface area contributed by atoms with Crippen LogP contribution in [0.4, 0.5) is 0 Å². The SMILES string of the molecule is Cn1ccc2cc(C(=O)N3CCN(CCc4ccccn4)CC3)ccc21. The van der Waals surface area contributed by atoms with E-state index in [0.29, 0.717) is 0 Å². The van der Waals surface area contributed by atoms with E-state index in [1.54, 1.807) is 0 Å². The molecular weight excluding hydrogens is 324 g/mol. The molecule has 0 aliphatic carbocycles. The van der Waals surface area contributed by atoms with Gasteiger partial charge in [0.15, 0.2) is 0 Å². The van der Waals surface area contributed by atoms with E-state index in [1.807, 2.05) is 54.7 Å². The Morgan fingerprint density at radius 1 is 1.08 bits per heavy atom. The van der Waals surface area contributed by atoms with Gasteiger partial charge in [-0.3, -0.25) is 14.7 Å². The molecule has 26 heavy (non-hydrogen) atoms. The van der Waals surface area contributed by atoms with Crippen molar-refractivity contribution >= 4 is 16.8 Å². The van der Waals surface area contributed by atoms with Gasteiger partial charge in [0.25, 0.3) is 5.91 Å². The van der Waals surface area contributed by atoms with Crippen molar-refractivity contribution in [1.29, 1.82) is 0 Å². The van der Waals surface area contributed by atoms with Crippen molar-refractivity contribution in [2.45, 2.75) is 6.42 Å². The standard InChI is InChI=1S/C21H24N4O/c1-23-10-7-17-16-18(5-6-20(17)23)21(26)25-14-12-24(13-15-25)11-8-19-4-2-3-9-22-19/h2-7,9-10,16H,8,11-15H2,1H3. The van der Waals surface area contributed by atoms with Crippen molar-refractivity contribution < 1.29 is 4.79 Å². The summed E-state index contributed by atoms with van der Waals surface area (Å²) in [6.07, 6.45) is 4.83. The zero-order chi connectivity index (χ0) is 17.9. The second kappa shape index (κ2) is 7.30. The van der Waals surface area contributed by atoms with E-state index in [0.717, 1.165) is 61.3 Å². The molecule has 1 saturated heterocycles. The van der Waals surface area contributed by atoms with Crippen LogP contribution in [0, 0.1) is 0 Å². The Labute approximate surface area is 153 Å². The molecule has 1 amide bonds. The fraction of sp³-hybridized carbons (Fsp3) is 0.333. The molecule has 0 unspecified atom stereocenters. The minimum Gasteiger partial charge on any atom is -0.351 e. The highest BCUT2D eigenvalue weighted by atomic mass is 16.2. The smallest absolute Gasteiger partial charge is 0.253 e. The van der Waals surface area contributed by atoms with Crippen molar-refractivity contribution in [3.63, 3.8) is 0 Å². The molecule has 0 N–H and O–H groups in total. The van der Waals surface area contributed by atoms with Gasteiger partial charge in [0.2, 0.25) is 0 Å². The molecule has 0 radical (unpaired) electrons. The topological polar surface area (TPSA) is 41.4 Å². The third-order valence-electron chi connectivity index (χ3n) is 5.20. The molecule has 5 nitrogen and oxygen atoms in total. The van der Waals surface area contributed by atoms with Crippen LogP contribution in [0.2, 0.25) is 0 Å². The third kappa shape index (κ3) is 3.48. The highest BCUT2D eigenvalue weighted by Gasteiger charge is 2.22. The fourth-order valence-electron chi connectivity index (χ4n) is 3.59. The molecule has 134 valence electrons. The number of aromatic nitrogens is 2. The molecule has 1 aliphatic heterocycles. The first-order valence-electron chi connectivity index (χ1n) is 9.17. The highest BCUT2D eigenvalue weighted by molar-refractivity contribution is 5.98. The summed E-state index contributed by atoms with van der Waals surface area (Å²) in [5.74, 6) is 0.139. The summed E-state index contributed by atoms with van der Waals surface area (Å²) in [5, 5.41) is 1.12. The lowest BCUT2D eigenvalue weighted by molar-refractivity contribution is 0.0638. The van der Waals surface area contributed by atoms with Gasteiger partial charge in [0.05, 0.1) is 0 Å². The maximum absolute atomic E-state index is 12.8. The summed E-state index contributed by atoms with van der Waals surface area (Å²) in [5.41, 5.74) is 3.06. The quantitative estimate of drug-likeness (QED) is 0.728. The van der Waals surface area contributed by atoms with E-state index in [-0.39, 0.29) is 5.91 Å². The first-order valence-corrected chi connectivity index (χ1v) is 9.17. The molecule has 0 spiro atoms. The average Bonchev–Trinajstić information content (AvgIpc) is 3.07. The zero-order valence-electron chi connectivity index (χ0n) is 15.1. The zero-order valence-corrected chi connectivity index (χ0v) is 15.1. The minimum atomic E-state index is 0.139. The van der Waals surface area contributed by atoms with E-state index < -0.39 is 0 Å². The van der Waals surface area contributed by atoms with Gasteiger partial charge in [-0.25, -0.2) is 0 Å². The maximum atomic E-state index is 12.8. The van der Waals surface area contributed by atoms with E-state index >= 15 is 0 Å². The predicted molar refractivity (Wildman–Crippen MR) is 103 cm³/mol. The second-order valence-corrected chi connectivity index (χ2v) is 6.91. The number of hydrogen-bond donors (Lipinski definition) is 0. The summed E-state index contributed by atoms with van der Waals surface area (Å²) in [6, 6.07) is 14.1. The van der Waals surface area contributed by atoms with Gasteiger partial charge in [-0.15, -0.1) is 0 Å². The molecule has 1 aromatic carbocycles. The van der Waals surface area contributed by atoms with Gasteiger partial charge >= 0.3 is 0 Å². The van der Waals surface area contributed by atoms with Crippen LogP contribution >= 0.6 is 0 Å². The van der Waals surface area contributed by atoms with Crippen LogP contribution in [0.15, 0.2) is 54.9 Å². The molecule has 2 aromatic heterocycles. The Kier molecular flexibility index (Phi) is 4.71. The van der Waals surface area contributed by atoms with Crippen molar-refractivity contribution in [2.24, 2.45) is 7.05 Å². The summed E-state index contributed by atoms with van der Waals surface area (Å²) < 4.78 is 2.07. The first-order chi connectivity index (χ1) is 12.7. The number of piperazine rings is 1. The Bertz CT molecular complexity index is 895. The highest BCUT2D eigenvalue weighted by Crippen LogP contribution is 2.18. The van der Waals surface area contributed by atoms with Crippen LogP contribution in [0.1, 0.15) is 16.1 Å². The number of fused-ring (bicyclic) bond motifs is 1. The number of nitrogens with zero attached hydrogens (tertiary/aromatic N) is 4. The van der Waals surface area contributed by atoms with Crippen LogP contribution < -0.4 is 0 Å². The Morgan fingerprint density at radius 3 is 2.69 bits per heavy atom. The number of hydrogen-bond acceptors (Lipinski definition) is 3. The summed E-state index contributed by atoms with van der Waals surface area (Å²) in [7, 11) is 2.02. The second-order valence-electron chi connectivity index (χ2n) is 6.91. The van der Waals surface area contributed by atoms with Crippen molar-refractivity contribution in [1.82, 2.24) is 19.4 Å². The maximum Gasteiger partial charge on any atom is 0.253 e. The van der Waals surface area contributed by atoms with E-state index in [4.69, 9.17) is 0 Å². The summed E-state index contributed by atoms with van der Waals surface area (Å²) in [4.78, 5) is 21.6. The van der Waals surface area contributed by atoms with Crippen molar-refractivity contribution in [2.75, 3.05) is 32.7 Å². The molecule has 3 aromatic rings. The normalized spacial score (nSPS) is 15.5. The number of amides is 1. The molecular formula is C21H24N4O. The van der Waals surface area contributed by atoms with Crippen molar-refractivity contribution in [3.05, 3.63) is 66.1 Å². The Hall–Kier alpha value is -2.66. The molecule has 3 heterocycles. The van der Waals surface area contributed by atoms with Crippen molar-refractivity contribution in [3.8, 4) is 0 Å². The molecule has 0 bridgehead atoms. The van der Waals surface area contributed by atoms with Gasteiger partial charge < -0.3 is 9.47 Å². The molecule has 1 aliphatic rings. The third-order valence-corrected chi connectivity index (χ3v) is 5.20. The molecule has 0 saturated carbocycles. The molecule has 5 heteroatoms. The number of carbonyl (C=O) groups excluding carboxylic acids is 1. The van der Waals surface area contributed by atoms with Gasteiger partial charge in [0.1, 0.15) is 0 Å². The molecule has 1 fully saturated rings. The lowest BCUT2D eigenvalue weighted by Gasteiger charge is -2.34. The predicted octanol–water partition coefficient (Wildman–Crippen LogP) is 2.57. The van der Waals surface area contributed by atoms with Gasteiger partial charge in [0, 0.05) is 80.7 Å². The number of pyridine rings is 1. The van der Waals surface area contributed by atoms with Gasteiger partial charge in [-0.2, -0.15) is 0 Å². The molecule has 0 atom stereocenters. The number of aryl methyl sites for hydroxylation is 1. The van der Waals surface area contributed by atoms with E-state index in [2.05, 4.69) is 26.6 Å². The monoisotopic (exact) mass is 348 g/mol. The number of benzene rings is 1. The lowest BCUT2D eigenvalue weighted by atomic mass is 10.1. The van der Waals surface area contributed by atoms with E-state index in [1.165, 1.54) is 0 Å². The van der Waals surface area contributed by atoms with Crippen LogP contribution in [0.25, 0.3) is 10.9 Å². The molecule has 4 rings (SSSR count). The van der Waals surface area contributed by atoms with Gasteiger partial charge in [-0.1, -0.05) is 6.07 Å². The van der Waals surface area contributed by atoms with Crippen LogP contribution in [0.3, 0.4) is 0 Å². The minimum absolute atomic E-state index is 0.139. The fourth-order valence-corrected chi connectivity index (χ4v) is 3.59. The number of rotatable bonds is 4. The lowest BCUT2D eigenvalue weighted by Crippen LogP contribution is -2.49.